The van der Waals surface area contributed by atoms with E-state index in [9.17, 15) is 8.78 Å². The van der Waals surface area contributed by atoms with Gasteiger partial charge in [-0.2, -0.15) is 0 Å². The van der Waals surface area contributed by atoms with Crippen molar-refractivity contribution in [2.45, 2.75) is 20.8 Å². The van der Waals surface area contributed by atoms with Gasteiger partial charge in [0.1, 0.15) is 0 Å². The molecular weight excluding hydrogens is 248 g/mol. The molecule has 0 heterocycles. The highest BCUT2D eigenvalue weighted by Crippen LogP contribution is 2.21. The van der Waals surface area contributed by atoms with Crippen LogP contribution in [0.5, 0.6) is 0 Å². The second-order valence-electron chi connectivity index (χ2n) is 5.26. The predicted octanol–water partition coefficient (Wildman–Crippen LogP) is 2.88. The summed E-state index contributed by atoms with van der Waals surface area (Å²) in [6.45, 7) is 6.05. The van der Waals surface area contributed by atoms with E-state index >= 15 is 0 Å². The molecule has 0 saturated carbocycles. The van der Waals surface area contributed by atoms with Crippen LogP contribution < -0.4 is 11.5 Å². The van der Waals surface area contributed by atoms with Crippen molar-refractivity contribution in [1.82, 2.24) is 0 Å². The van der Waals surface area contributed by atoms with E-state index in [4.69, 9.17) is 11.5 Å². The molecule has 5 heteroatoms. The van der Waals surface area contributed by atoms with Gasteiger partial charge in [0.25, 0.3) is 0 Å². The molecule has 1 aromatic rings. The maximum Gasteiger partial charge on any atom is 0.160 e. The van der Waals surface area contributed by atoms with Gasteiger partial charge in [0.2, 0.25) is 0 Å². The average molecular weight is 267 g/mol. The van der Waals surface area contributed by atoms with E-state index in [1.807, 2.05) is 20.8 Å². The molecule has 104 valence electrons. The molecule has 1 rings (SSSR count). The van der Waals surface area contributed by atoms with Crippen molar-refractivity contribution >= 4 is 11.4 Å². The monoisotopic (exact) mass is 267 g/mol. The highest BCUT2D eigenvalue weighted by Gasteiger charge is 2.14. The summed E-state index contributed by atoms with van der Waals surface area (Å²) in [6.07, 6.45) is 1.67. The number of rotatable bonds is 3. The molecule has 4 N–H and O–H groups in total. The number of nitrogens with zero attached hydrogens (tertiary/aromatic N) is 1. The lowest BCUT2D eigenvalue weighted by atomic mass is 9.91. The third-order valence-electron chi connectivity index (χ3n) is 2.57. The third kappa shape index (κ3) is 4.44. The largest absolute Gasteiger partial charge is 0.402 e. The number of allylic oxidation sites excluding steroid dienone is 1. The van der Waals surface area contributed by atoms with Crippen molar-refractivity contribution in [3.63, 3.8) is 0 Å². The van der Waals surface area contributed by atoms with Crippen molar-refractivity contribution in [2.75, 3.05) is 6.54 Å². The molecule has 0 aliphatic rings. The molecule has 0 saturated heterocycles. The fourth-order valence-corrected chi connectivity index (χ4v) is 1.25. The first-order valence-corrected chi connectivity index (χ1v) is 5.94. The van der Waals surface area contributed by atoms with Gasteiger partial charge in [-0.05, 0) is 18.2 Å². The van der Waals surface area contributed by atoms with Gasteiger partial charge in [-0.15, -0.1) is 0 Å². The van der Waals surface area contributed by atoms with E-state index in [1.165, 1.54) is 6.07 Å². The maximum atomic E-state index is 13.1. The van der Waals surface area contributed by atoms with Crippen LogP contribution in [0, 0.1) is 17.0 Å². The van der Waals surface area contributed by atoms with Gasteiger partial charge in [0.05, 0.1) is 11.4 Å². The van der Waals surface area contributed by atoms with Crippen LogP contribution in [0.4, 0.5) is 14.5 Å². The molecular formula is C14H19F2N3. The summed E-state index contributed by atoms with van der Waals surface area (Å²) < 4.78 is 25.9. The summed E-state index contributed by atoms with van der Waals surface area (Å²) >= 11 is 0. The van der Waals surface area contributed by atoms with Crippen molar-refractivity contribution in [3.8, 4) is 0 Å². The van der Waals surface area contributed by atoms with E-state index in [0.29, 0.717) is 17.1 Å². The lowest BCUT2D eigenvalue weighted by Gasteiger charge is -2.19. The van der Waals surface area contributed by atoms with Gasteiger partial charge >= 0.3 is 0 Å². The van der Waals surface area contributed by atoms with Crippen molar-refractivity contribution < 1.29 is 8.78 Å². The van der Waals surface area contributed by atoms with Gasteiger partial charge in [0.15, 0.2) is 11.6 Å². The Morgan fingerprint density at radius 2 is 1.89 bits per heavy atom. The van der Waals surface area contributed by atoms with E-state index < -0.39 is 11.6 Å². The van der Waals surface area contributed by atoms with Crippen LogP contribution in [0.1, 0.15) is 20.8 Å². The Labute approximate surface area is 112 Å². The highest BCUT2D eigenvalue weighted by atomic mass is 19.2. The second-order valence-corrected chi connectivity index (χ2v) is 5.26. The number of benzene rings is 1. The first kappa shape index (κ1) is 15.3. The Hall–Kier alpha value is -1.75. The predicted molar refractivity (Wildman–Crippen MR) is 74.2 cm³/mol. The summed E-state index contributed by atoms with van der Waals surface area (Å²) in [7, 11) is 0. The zero-order chi connectivity index (χ0) is 14.6. The van der Waals surface area contributed by atoms with Gasteiger partial charge in [0, 0.05) is 23.7 Å². The molecule has 19 heavy (non-hydrogen) atoms. The smallest absolute Gasteiger partial charge is 0.160 e. The van der Waals surface area contributed by atoms with Crippen molar-refractivity contribution in [2.24, 2.45) is 21.9 Å². The topological polar surface area (TPSA) is 64.4 Å². The molecule has 0 unspecified atom stereocenters. The number of hydrogen-bond acceptors (Lipinski definition) is 3. The number of hydrogen-bond donors (Lipinski definition) is 2. The maximum absolute atomic E-state index is 13.1. The Morgan fingerprint density at radius 1 is 1.26 bits per heavy atom. The molecule has 0 aliphatic heterocycles. The Bertz CT molecular complexity index is 514. The lowest BCUT2D eigenvalue weighted by Crippen LogP contribution is -2.21. The Balaban J connectivity index is 3.09. The molecule has 0 atom stereocenters. The standard InChI is InChI=1S/C14H19F2N3/c1-14(2,3)13(18)7-10(8-17)19-9-4-5-11(15)12(16)6-9/h4-7H,8,17-18H2,1-3H3/b13-7-,19-10?. The van der Waals surface area contributed by atoms with Gasteiger partial charge in [-0.3, -0.25) is 4.99 Å². The molecule has 0 aromatic heterocycles. The normalized spacial score (nSPS) is 13.8. The summed E-state index contributed by atoms with van der Waals surface area (Å²) in [5.41, 5.74) is 12.7. The van der Waals surface area contributed by atoms with Crippen molar-refractivity contribution in [1.29, 1.82) is 0 Å². The summed E-state index contributed by atoms with van der Waals surface area (Å²) in [4.78, 5) is 4.16. The zero-order valence-electron chi connectivity index (χ0n) is 11.4. The highest BCUT2D eigenvalue weighted by molar-refractivity contribution is 5.98. The zero-order valence-corrected chi connectivity index (χ0v) is 11.4. The van der Waals surface area contributed by atoms with Crippen LogP contribution >= 0.6 is 0 Å². The van der Waals surface area contributed by atoms with E-state index in [0.717, 1.165) is 12.1 Å². The van der Waals surface area contributed by atoms with E-state index in [1.54, 1.807) is 6.08 Å². The molecule has 0 bridgehead atoms. The summed E-state index contributed by atoms with van der Waals surface area (Å²) in [5, 5.41) is 0. The minimum absolute atomic E-state index is 0.162. The van der Waals surface area contributed by atoms with E-state index in [2.05, 4.69) is 4.99 Å². The van der Waals surface area contributed by atoms with Crippen LogP contribution in [0.25, 0.3) is 0 Å². The minimum atomic E-state index is -0.939. The lowest BCUT2D eigenvalue weighted by molar-refractivity contribution is 0.498. The minimum Gasteiger partial charge on any atom is -0.402 e. The van der Waals surface area contributed by atoms with Crippen LogP contribution in [-0.4, -0.2) is 12.3 Å². The van der Waals surface area contributed by atoms with Crippen LogP contribution in [0.2, 0.25) is 0 Å². The molecule has 0 radical (unpaired) electrons. The number of halogens is 2. The molecule has 3 nitrogen and oxygen atoms in total. The number of nitrogens with two attached hydrogens (primary N) is 2. The van der Waals surface area contributed by atoms with Crippen LogP contribution in [0.3, 0.4) is 0 Å². The first-order chi connectivity index (χ1) is 8.74. The SMILES string of the molecule is CC(C)(C)/C(N)=C/C(CN)=Nc1ccc(F)c(F)c1. The fraction of sp³-hybridized carbons (Fsp3) is 0.357. The van der Waals surface area contributed by atoms with Gasteiger partial charge in [-0.1, -0.05) is 20.8 Å². The second kappa shape index (κ2) is 5.93. The summed E-state index contributed by atoms with van der Waals surface area (Å²) in [6, 6.07) is 3.43. The van der Waals surface area contributed by atoms with Crippen LogP contribution in [0.15, 0.2) is 35.0 Å². The number of aliphatic imine (C=N–C) groups is 1. The quantitative estimate of drug-likeness (QED) is 0.827. The summed E-state index contributed by atoms with van der Waals surface area (Å²) in [5.74, 6) is -1.84. The van der Waals surface area contributed by atoms with Crippen LogP contribution in [-0.2, 0) is 0 Å². The van der Waals surface area contributed by atoms with Gasteiger partial charge in [-0.25, -0.2) is 8.78 Å². The Kier molecular flexibility index (Phi) is 4.78. The molecule has 1 aromatic carbocycles. The first-order valence-electron chi connectivity index (χ1n) is 5.94. The fourth-order valence-electron chi connectivity index (χ4n) is 1.25. The molecule has 0 fully saturated rings. The molecule has 0 aliphatic carbocycles. The van der Waals surface area contributed by atoms with E-state index in [-0.39, 0.29) is 12.0 Å². The molecule has 0 spiro atoms. The molecule has 0 amide bonds. The Morgan fingerprint density at radius 3 is 2.37 bits per heavy atom. The van der Waals surface area contributed by atoms with Crippen molar-refractivity contribution in [3.05, 3.63) is 41.6 Å². The van der Waals surface area contributed by atoms with Gasteiger partial charge < -0.3 is 11.5 Å². The third-order valence-corrected chi connectivity index (χ3v) is 2.57. The average Bonchev–Trinajstić information content (AvgIpc) is 2.31.